The van der Waals surface area contributed by atoms with E-state index in [1.807, 2.05) is 0 Å². The van der Waals surface area contributed by atoms with E-state index in [9.17, 15) is 37.2 Å². The van der Waals surface area contributed by atoms with Crippen LogP contribution in [0.3, 0.4) is 0 Å². The van der Waals surface area contributed by atoms with Gasteiger partial charge in [-0.1, -0.05) is 24.3 Å². The molecule has 4 amide bonds. The first-order valence-electron chi connectivity index (χ1n) is 12.3. The minimum Gasteiger partial charge on any atom is -0.288 e. The number of rotatable bonds is 6. The quantitative estimate of drug-likeness (QED) is 0.234. The summed E-state index contributed by atoms with van der Waals surface area (Å²) < 4.78 is 26.8. The normalized spacial score (nSPS) is 13.8. The van der Waals surface area contributed by atoms with Crippen LogP contribution in [0, 0.1) is 0 Å². The molecule has 6 rings (SSSR count). The molecule has 0 saturated carbocycles. The van der Waals surface area contributed by atoms with Crippen molar-refractivity contribution in [1.82, 2.24) is 10.6 Å². The van der Waals surface area contributed by atoms with Crippen LogP contribution in [0.25, 0.3) is 22.3 Å². The van der Waals surface area contributed by atoms with Crippen LogP contribution in [-0.2, 0) is 9.84 Å². The Hall–Kier alpha value is -4.97. The van der Waals surface area contributed by atoms with Crippen LogP contribution in [0.15, 0.2) is 82.6 Å². The maximum Gasteiger partial charge on any atom is 0.258 e. The molecule has 43 heavy (non-hydrogen) atoms. The van der Waals surface area contributed by atoms with Gasteiger partial charge in [-0.05, 0) is 94.0 Å². The monoisotopic (exact) mass is 632 g/mol. The van der Waals surface area contributed by atoms with E-state index >= 15 is 0 Å². The van der Waals surface area contributed by atoms with Gasteiger partial charge in [-0.2, -0.15) is 0 Å². The van der Waals surface area contributed by atoms with Gasteiger partial charge in [-0.3, -0.25) is 39.4 Å². The van der Waals surface area contributed by atoms with Gasteiger partial charge in [0.05, 0.1) is 32.0 Å². The molecule has 0 radical (unpaired) electrons. The molecule has 2 aliphatic heterocycles. The molecule has 10 nitrogen and oxygen atoms in total. The Balaban J connectivity index is 1.34. The number of nitrogens with one attached hydrogen (secondary N) is 2. The summed E-state index contributed by atoms with van der Waals surface area (Å²) in [5.74, 6) is -2.56. The first-order chi connectivity index (χ1) is 20.4. The van der Waals surface area contributed by atoms with Crippen molar-refractivity contribution in [2.24, 2.45) is 0 Å². The Kier molecular flexibility index (Phi) is 6.61. The summed E-state index contributed by atoms with van der Waals surface area (Å²) in [6.45, 7) is 0. The van der Waals surface area contributed by atoms with Crippen molar-refractivity contribution >= 4 is 67.2 Å². The van der Waals surface area contributed by atoms with Crippen LogP contribution < -0.4 is 10.6 Å². The number of carbonyl (C=O) groups excluding carboxylic acids is 6. The van der Waals surface area contributed by atoms with E-state index in [1.54, 1.807) is 0 Å². The number of carbonyl (C=O) groups is 6. The first kappa shape index (κ1) is 28.2. The smallest absolute Gasteiger partial charge is 0.258 e. The number of hydrogen-bond acceptors (Lipinski definition) is 8. The molecule has 13 heteroatoms. The Bertz CT molecular complexity index is 1960. The molecule has 0 unspecified atom stereocenters. The Morgan fingerprint density at radius 1 is 0.488 bits per heavy atom. The van der Waals surface area contributed by atoms with E-state index in [2.05, 4.69) is 10.6 Å². The third-order valence-corrected chi connectivity index (χ3v) is 9.32. The molecule has 0 aromatic heterocycles. The zero-order valence-corrected chi connectivity index (χ0v) is 23.7. The highest BCUT2D eigenvalue weighted by Gasteiger charge is 2.31. The molecule has 0 atom stereocenters. The minimum atomic E-state index is -4.04. The maximum atomic E-state index is 13.4. The van der Waals surface area contributed by atoms with Crippen LogP contribution in [0.5, 0.6) is 0 Å². The average molecular weight is 633 g/mol. The van der Waals surface area contributed by atoms with Crippen LogP contribution >= 0.6 is 23.2 Å². The molecule has 0 spiro atoms. The summed E-state index contributed by atoms with van der Waals surface area (Å²) in [6, 6.07) is 16.2. The number of benzene rings is 4. The third kappa shape index (κ3) is 4.63. The fraction of sp³-hybridized carbons (Fsp3) is 0. The number of sulfone groups is 1. The Morgan fingerprint density at radius 3 is 1.09 bits per heavy atom. The lowest BCUT2D eigenvalue weighted by Crippen LogP contribution is -2.19. The predicted octanol–water partition coefficient (Wildman–Crippen LogP) is 4.38. The van der Waals surface area contributed by atoms with Gasteiger partial charge in [0.2, 0.25) is 9.84 Å². The predicted molar refractivity (Wildman–Crippen MR) is 153 cm³/mol. The average Bonchev–Trinajstić information content (AvgIpc) is 3.43. The van der Waals surface area contributed by atoms with Crippen molar-refractivity contribution in [2.45, 2.75) is 9.79 Å². The van der Waals surface area contributed by atoms with Gasteiger partial charge in [-0.25, -0.2) is 8.42 Å². The van der Waals surface area contributed by atoms with E-state index in [-0.39, 0.29) is 54.3 Å². The van der Waals surface area contributed by atoms with E-state index in [0.717, 1.165) is 0 Å². The largest absolute Gasteiger partial charge is 0.288 e. The minimum absolute atomic E-state index is 0.0135. The fourth-order valence-electron chi connectivity index (χ4n) is 4.99. The zero-order valence-electron chi connectivity index (χ0n) is 21.4. The van der Waals surface area contributed by atoms with E-state index < -0.39 is 44.0 Å². The van der Waals surface area contributed by atoms with Crippen LogP contribution in [0.1, 0.15) is 62.1 Å². The topological polar surface area (TPSA) is 161 Å². The number of amides is 4. The summed E-state index contributed by atoms with van der Waals surface area (Å²) in [5, 5.41) is 2.56. The second-order valence-electron chi connectivity index (χ2n) is 9.55. The van der Waals surface area contributed by atoms with E-state index in [4.69, 9.17) is 23.2 Å². The molecule has 4 aromatic rings. The van der Waals surface area contributed by atoms with E-state index in [0.29, 0.717) is 11.1 Å². The van der Waals surface area contributed by atoms with Gasteiger partial charge in [0, 0.05) is 11.1 Å². The third-order valence-electron chi connectivity index (χ3n) is 7.12. The summed E-state index contributed by atoms with van der Waals surface area (Å²) in [4.78, 5) is 72.3. The van der Waals surface area contributed by atoms with E-state index in [1.165, 1.54) is 72.8 Å². The molecule has 4 aromatic carbocycles. The van der Waals surface area contributed by atoms with Crippen LogP contribution in [0.2, 0.25) is 0 Å². The fourth-order valence-corrected chi connectivity index (χ4v) is 6.57. The molecule has 2 heterocycles. The van der Waals surface area contributed by atoms with Gasteiger partial charge >= 0.3 is 0 Å². The highest BCUT2D eigenvalue weighted by molar-refractivity contribution is 7.91. The number of hydrogen-bond donors (Lipinski definition) is 2. The van der Waals surface area contributed by atoms with Crippen molar-refractivity contribution in [1.29, 1.82) is 0 Å². The highest BCUT2D eigenvalue weighted by Crippen LogP contribution is 2.34. The molecule has 0 fully saturated rings. The number of imide groups is 2. The first-order valence-corrected chi connectivity index (χ1v) is 14.5. The van der Waals surface area contributed by atoms with Crippen LogP contribution in [0.4, 0.5) is 0 Å². The van der Waals surface area contributed by atoms with Gasteiger partial charge in [0.25, 0.3) is 34.1 Å². The van der Waals surface area contributed by atoms with Gasteiger partial charge in [0.15, 0.2) is 0 Å². The maximum absolute atomic E-state index is 13.4. The SMILES string of the molecule is O=C1NC(=O)c2cc(-c3ccc(S(=O)(=O)c4ccc(-c5cc6c(cc5C(=O)Cl)C(=O)NC6=O)cc4)cc3)c(C(=O)Cl)cc21. The summed E-state index contributed by atoms with van der Waals surface area (Å²) in [7, 11) is -4.04. The molecular weight excluding hydrogens is 619 g/mol. The lowest BCUT2D eigenvalue weighted by atomic mass is 9.95. The van der Waals surface area contributed by atoms with Gasteiger partial charge < -0.3 is 0 Å². The zero-order chi connectivity index (χ0) is 30.8. The van der Waals surface area contributed by atoms with Gasteiger partial charge in [0.1, 0.15) is 0 Å². The van der Waals surface area contributed by atoms with Crippen molar-refractivity contribution in [3.63, 3.8) is 0 Å². The van der Waals surface area contributed by atoms with Crippen molar-refractivity contribution in [3.8, 4) is 22.3 Å². The standard InChI is InChI=1S/C30H14Cl2N2O8S/c31-25(35)19-11-23-21(27(37)33-29(23)39)9-17(19)13-1-5-15(6-2-13)43(41,42)16-7-3-14(4-8-16)18-10-22-24(12-20(18)26(32)36)30(40)34-28(22)38/h1-12H,(H,33,37,39)(H,34,38,40). The number of fused-ring (bicyclic) bond motifs is 2. The molecule has 0 saturated heterocycles. The summed E-state index contributed by atoms with van der Waals surface area (Å²) >= 11 is 11.5. The van der Waals surface area contributed by atoms with Crippen molar-refractivity contribution in [3.05, 3.63) is 106 Å². The molecule has 0 aliphatic carbocycles. The number of halogens is 2. The Morgan fingerprint density at radius 2 is 0.791 bits per heavy atom. The highest BCUT2D eigenvalue weighted by atomic mass is 35.5. The second-order valence-corrected chi connectivity index (χ2v) is 12.2. The lowest BCUT2D eigenvalue weighted by molar-refractivity contribution is 0.0863. The Labute approximate surface area is 252 Å². The summed E-state index contributed by atoms with van der Waals surface area (Å²) in [5.41, 5.74) is 1.34. The molecule has 2 N–H and O–H groups in total. The lowest BCUT2D eigenvalue weighted by Gasteiger charge is -2.11. The molecule has 2 aliphatic rings. The molecule has 0 bridgehead atoms. The second kappa shape index (κ2) is 10.1. The molecular formula is C30H14Cl2N2O8S. The van der Waals surface area contributed by atoms with Crippen molar-refractivity contribution in [2.75, 3.05) is 0 Å². The van der Waals surface area contributed by atoms with Crippen molar-refractivity contribution < 1.29 is 37.2 Å². The summed E-state index contributed by atoms with van der Waals surface area (Å²) in [6.07, 6.45) is 0. The molecule has 212 valence electrons. The van der Waals surface area contributed by atoms with Crippen LogP contribution in [-0.4, -0.2) is 42.5 Å². The van der Waals surface area contributed by atoms with Gasteiger partial charge in [-0.15, -0.1) is 0 Å².